The molecule has 0 amide bonds. The van der Waals surface area contributed by atoms with E-state index in [4.69, 9.17) is 0 Å². The highest BCUT2D eigenvalue weighted by molar-refractivity contribution is 5.38. The van der Waals surface area contributed by atoms with Crippen LogP contribution in [0.1, 0.15) is 25.1 Å². The number of nitrogens with zero attached hydrogens (tertiary/aromatic N) is 2. The van der Waals surface area contributed by atoms with E-state index in [1.54, 1.807) is 6.07 Å². The Morgan fingerprint density at radius 2 is 2.21 bits per heavy atom. The van der Waals surface area contributed by atoms with Gasteiger partial charge in [-0.05, 0) is 23.8 Å². The number of hydrogen-bond acceptors (Lipinski definition) is 3. The summed E-state index contributed by atoms with van der Waals surface area (Å²) in [6.45, 7) is 4.31. The van der Waals surface area contributed by atoms with Crippen molar-refractivity contribution in [2.45, 2.75) is 26.7 Å². The Hall–Kier alpha value is -1.45. The van der Waals surface area contributed by atoms with Crippen LogP contribution in [-0.4, -0.2) is 9.91 Å². The van der Waals surface area contributed by atoms with Crippen molar-refractivity contribution >= 4 is 5.69 Å². The summed E-state index contributed by atoms with van der Waals surface area (Å²) >= 11 is 0. The summed E-state index contributed by atoms with van der Waals surface area (Å²) < 4.78 is 0. The lowest BCUT2D eigenvalue weighted by Gasteiger charge is -2.14. The van der Waals surface area contributed by atoms with E-state index in [-0.39, 0.29) is 11.1 Å². The summed E-state index contributed by atoms with van der Waals surface area (Å²) in [6.07, 6.45) is 3.15. The van der Waals surface area contributed by atoms with E-state index >= 15 is 0 Å². The van der Waals surface area contributed by atoms with Crippen LogP contribution in [0.5, 0.6) is 0 Å². The first-order valence-corrected chi connectivity index (χ1v) is 4.60. The number of rotatable bonds is 1. The molecule has 1 heterocycles. The maximum atomic E-state index is 10.5. The molecule has 0 bridgehead atoms. The van der Waals surface area contributed by atoms with Crippen molar-refractivity contribution in [2.75, 3.05) is 0 Å². The van der Waals surface area contributed by atoms with Gasteiger partial charge in [-0.1, -0.05) is 13.8 Å². The van der Waals surface area contributed by atoms with Gasteiger partial charge in [-0.3, -0.25) is 15.1 Å². The maximum Gasteiger partial charge on any atom is 0.287 e. The molecule has 4 nitrogen and oxygen atoms in total. The van der Waals surface area contributed by atoms with E-state index in [1.807, 2.05) is 0 Å². The van der Waals surface area contributed by atoms with Crippen LogP contribution in [0.3, 0.4) is 0 Å². The topological polar surface area (TPSA) is 56.0 Å². The molecule has 2 rings (SSSR count). The zero-order valence-corrected chi connectivity index (χ0v) is 8.28. The lowest BCUT2D eigenvalue weighted by atomic mass is 9.91. The second-order valence-electron chi connectivity index (χ2n) is 4.57. The first kappa shape index (κ1) is 9.12. The summed E-state index contributed by atoms with van der Waals surface area (Å²) in [5.74, 6) is 0. The molecule has 74 valence electrons. The fourth-order valence-corrected chi connectivity index (χ4v) is 1.97. The molecule has 0 atom stereocenters. The fraction of sp³-hybridized carbons (Fsp3) is 0.500. The van der Waals surface area contributed by atoms with Gasteiger partial charge in [0, 0.05) is 11.8 Å². The van der Waals surface area contributed by atoms with Gasteiger partial charge in [0.2, 0.25) is 0 Å². The molecular formula is C10H12N2O2. The van der Waals surface area contributed by atoms with Crippen LogP contribution in [0.4, 0.5) is 5.69 Å². The highest BCUT2D eigenvalue weighted by Gasteiger charge is 2.30. The predicted molar refractivity (Wildman–Crippen MR) is 52.1 cm³/mol. The van der Waals surface area contributed by atoms with E-state index < -0.39 is 4.92 Å². The lowest BCUT2D eigenvalue weighted by Crippen LogP contribution is -2.09. The van der Waals surface area contributed by atoms with Crippen LogP contribution in [0.25, 0.3) is 0 Å². The molecule has 1 aliphatic carbocycles. The van der Waals surface area contributed by atoms with Crippen molar-refractivity contribution in [3.05, 3.63) is 33.6 Å². The number of fused-ring (bicyclic) bond motifs is 1. The second-order valence-corrected chi connectivity index (χ2v) is 4.57. The smallest absolute Gasteiger partial charge is 0.258 e. The van der Waals surface area contributed by atoms with Crippen LogP contribution in [0.2, 0.25) is 0 Å². The number of aromatic nitrogens is 1. The summed E-state index contributed by atoms with van der Waals surface area (Å²) in [4.78, 5) is 14.3. The van der Waals surface area contributed by atoms with Crippen LogP contribution in [-0.2, 0) is 12.8 Å². The van der Waals surface area contributed by atoms with Crippen molar-refractivity contribution in [3.8, 4) is 0 Å². The van der Waals surface area contributed by atoms with Gasteiger partial charge < -0.3 is 0 Å². The van der Waals surface area contributed by atoms with Crippen molar-refractivity contribution < 1.29 is 4.92 Å². The van der Waals surface area contributed by atoms with E-state index in [0.717, 1.165) is 24.1 Å². The molecule has 1 aromatic rings. The van der Waals surface area contributed by atoms with E-state index in [1.165, 1.54) is 6.20 Å². The fourth-order valence-electron chi connectivity index (χ4n) is 1.97. The third kappa shape index (κ3) is 1.47. The molecule has 1 aromatic heterocycles. The minimum Gasteiger partial charge on any atom is -0.258 e. The van der Waals surface area contributed by atoms with E-state index in [0.29, 0.717) is 0 Å². The van der Waals surface area contributed by atoms with Crippen molar-refractivity contribution in [1.29, 1.82) is 0 Å². The summed E-state index contributed by atoms with van der Waals surface area (Å²) in [7, 11) is 0. The maximum absolute atomic E-state index is 10.5. The Labute approximate surface area is 82.1 Å². The van der Waals surface area contributed by atoms with Gasteiger partial charge in [0.15, 0.2) is 0 Å². The Balaban J connectivity index is 2.40. The number of hydrogen-bond donors (Lipinski definition) is 0. The van der Waals surface area contributed by atoms with Crippen LogP contribution >= 0.6 is 0 Å². The average molecular weight is 192 g/mol. The largest absolute Gasteiger partial charge is 0.287 e. The molecule has 0 aromatic carbocycles. The monoisotopic (exact) mass is 192 g/mol. The predicted octanol–water partition coefficient (Wildman–Crippen LogP) is 2.11. The quantitative estimate of drug-likeness (QED) is 0.505. The van der Waals surface area contributed by atoms with Crippen LogP contribution in [0.15, 0.2) is 12.3 Å². The van der Waals surface area contributed by atoms with Crippen molar-refractivity contribution in [1.82, 2.24) is 4.98 Å². The Kier molecular flexibility index (Phi) is 1.80. The standard InChI is InChI=1S/C10H12N2O2/c1-10(2)4-7-3-8(12(13)14)6-11-9(7)5-10/h3,6H,4-5H2,1-2H3. The molecule has 0 saturated carbocycles. The lowest BCUT2D eigenvalue weighted by molar-refractivity contribution is -0.385. The third-order valence-electron chi connectivity index (χ3n) is 2.57. The minimum atomic E-state index is -0.390. The van der Waals surface area contributed by atoms with Crippen molar-refractivity contribution in [3.63, 3.8) is 0 Å². The summed E-state index contributed by atoms with van der Waals surface area (Å²) in [5.41, 5.74) is 2.34. The van der Waals surface area contributed by atoms with Crippen molar-refractivity contribution in [2.24, 2.45) is 5.41 Å². The van der Waals surface area contributed by atoms with Crippen LogP contribution < -0.4 is 0 Å². The molecule has 14 heavy (non-hydrogen) atoms. The molecule has 0 spiro atoms. The van der Waals surface area contributed by atoms with Gasteiger partial charge in [-0.25, -0.2) is 0 Å². The molecule has 0 radical (unpaired) electrons. The highest BCUT2D eigenvalue weighted by Crippen LogP contribution is 2.36. The number of nitro groups is 1. The molecule has 1 aliphatic rings. The van der Waals surface area contributed by atoms with Gasteiger partial charge in [-0.2, -0.15) is 0 Å². The van der Waals surface area contributed by atoms with E-state index in [9.17, 15) is 10.1 Å². The average Bonchev–Trinajstić information content (AvgIpc) is 2.36. The molecule has 0 N–H and O–H groups in total. The second kappa shape index (κ2) is 2.77. The number of pyridine rings is 1. The summed E-state index contributed by atoms with van der Waals surface area (Å²) in [6, 6.07) is 1.65. The summed E-state index contributed by atoms with van der Waals surface area (Å²) in [5, 5.41) is 10.5. The minimum absolute atomic E-state index is 0.0986. The molecule has 0 aliphatic heterocycles. The Bertz CT molecular complexity index is 399. The molecule has 0 fully saturated rings. The zero-order valence-electron chi connectivity index (χ0n) is 8.28. The van der Waals surface area contributed by atoms with Gasteiger partial charge in [0.05, 0.1) is 4.92 Å². The SMILES string of the molecule is CC1(C)Cc2cc([N+](=O)[O-])cnc2C1. The first-order chi connectivity index (χ1) is 6.48. The molecular weight excluding hydrogens is 180 g/mol. The first-order valence-electron chi connectivity index (χ1n) is 4.60. The van der Waals surface area contributed by atoms with Gasteiger partial charge in [-0.15, -0.1) is 0 Å². The van der Waals surface area contributed by atoms with Gasteiger partial charge >= 0.3 is 0 Å². The molecule has 4 heteroatoms. The van der Waals surface area contributed by atoms with E-state index in [2.05, 4.69) is 18.8 Å². The zero-order chi connectivity index (χ0) is 10.3. The third-order valence-corrected chi connectivity index (χ3v) is 2.57. The van der Waals surface area contributed by atoms with Gasteiger partial charge in [0.1, 0.15) is 6.20 Å². The molecule has 0 unspecified atom stereocenters. The highest BCUT2D eigenvalue weighted by atomic mass is 16.6. The Morgan fingerprint density at radius 1 is 1.50 bits per heavy atom. The van der Waals surface area contributed by atoms with Gasteiger partial charge in [0.25, 0.3) is 5.69 Å². The van der Waals surface area contributed by atoms with Crippen LogP contribution in [0, 0.1) is 15.5 Å². The Morgan fingerprint density at radius 3 is 2.86 bits per heavy atom. The normalized spacial score (nSPS) is 17.9. The molecule has 0 saturated heterocycles.